The Morgan fingerprint density at radius 3 is 2.82 bits per heavy atom. The molecule has 0 fully saturated rings. The lowest BCUT2D eigenvalue weighted by Crippen LogP contribution is -1.83. The van der Waals surface area contributed by atoms with Gasteiger partial charge < -0.3 is 4.74 Å². The van der Waals surface area contributed by atoms with Crippen LogP contribution in [0.5, 0.6) is 5.75 Å². The van der Waals surface area contributed by atoms with E-state index in [1.165, 1.54) is 0 Å². The lowest BCUT2D eigenvalue weighted by molar-refractivity contribution is 0.495. The summed E-state index contributed by atoms with van der Waals surface area (Å²) < 4.78 is 4.62. The van der Waals surface area contributed by atoms with Crippen LogP contribution in [0.3, 0.4) is 0 Å². The molecule has 0 heterocycles. The summed E-state index contributed by atoms with van der Waals surface area (Å²) >= 11 is 4.13. The van der Waals surface area contributed by atoms with Gasteiger partial charge in [0.2, 0.25) is 0 Å². The van der Waals surface area contributed by atoms with Crippen molar-refractivity contribution in [1.29, 1.82) is 5.26 Å². The van der Waals surface area contributed by atoms with Gasteiger partial charge in [-0.3, -0.25) is 0 Å². The van der Waals surface area contributed by atoms with Crippen LogP contribution in [-0.2, 0) is 0 Å². The summed E-state index contributed by atoms with van der Waals surface area (Å²) in [4.78, 5) is 0.687. The van der Waals surface area contributed by atoms with Crippen LogP contribution in [-0.4, -0.2) is 0 Å². The Kier molecular flexibility index (Phi) is 2.40. The predicted octanol–water partition coefficient (Wildman–Crippen LogP) is 2.14. The van der Waals surface area contributed by atoms with Crippen molar-refractivity contribution in [3.63, 3.8) is 0 Å². The van der Waals surface area contributed by atoms with Crippen molar-refractivity contribution < 1.29 is 4.74 Å². The molecule has 0 bridgehead atoms. The van der Waals surface area contributed by atoms with E-state index in [-0.39, 0.29) is 0 Å². The molecule has 0 N–H and O–H groups in total. The van der Waals surface area contributed by atoms with E-state index in [9.17, 15) is 0 Å². The van der Waals surface area contributed by atoms with E-state index < -0.39 is 0 Å². The number of benzene rings is 1. The van der Waals surface area contributed by atoms with Crippen molar-refractivity contribution in [1.82, 2.24) is 0 Å². The smallest absolute Gasteiger partial charge is 0.292 e. The minimum absolute atomic E-state index is 0.501. The maximum atomic E-state index is 8.21. The fourth-order valence-corrected chi connectivity index (χ4v) is 1.09. The topological polar surface area (TPSA) is 33.0 Å². The molecule has 0 radical (unpaired) electrons. The van der Waals surface area contributed by atoms with Crippen LogP contribution in [0.15, 0.2) is 23.1 Å². The summed E-state index contributed by atoms with van der Waals surface area (Å²) in [7, 11) is 0. The van der Waals surface area contributed by atoms with Gasteiger partial charge in [0.25, 0.3) is 6.26 Å². The van der Waals surface area contributed by atoms with E-state index in [0.717, 1.165) is 5.56 Å². The molecule has 0 spiro atoms. The average molecular weight is 165 g/mol. The molecular weight excluding hydrogens is 158 g/mol. The Balaban J connectivity index is 3.01. The molecule has 0 unspecified atom stereocenters. The zero-order valence-corrected chi connectivity index (χ0v) is 6.93. The number of rotatable bonds is 1. The molecule has 0 amide bonds. The highest BCUT2D eigenvalue weighted by Gasteiger charge is 1.98. The first-order valence-electron chi connectivity index (χ1n) is 3.09. The van der Waals surface area contributed by atoms with Crippen LogP contribution in [0.4, 0.5) is 0 Å². The van der Waals surface area contributed by atoms with Gasteiger partial charge in [0.05, 0.1) is 0 Å². The predicted molar refractivity (Wildman–Crippen MR) is 44.7 cm³/mol. The van der Waals surface area contributed by atoms with Crippen molar-refractivity contribution in [2.75, 3.05) is 0 Å². The standard InChI is InChI=1S/C8H7NOS/c1-6-2-3-7(10-5-9)8(11)4-6/h2-4,11H,1H3. The number of ether oxygens (including phenoxy) is 1. The molecular formula is C8H7NOS. The van der Waals surface area contributed by atoms with Crippen LogP contribution in [0.25, 0.3) is 0 Å². The second-order valence-electron chi connectivity index (χ2n) is 2.16. The van der Waals surface area contributed by atoms with E-state index >= 15 is 0 Å². The third-order valence-corrected chi connectivity index (χ3v) is 1.62. The molecule has 0 saturated carbocycles. The lowest BCUT2D eigenvalue weighted by Gasteiger charge is -2.00. The number of nitriles is 1. The van der Waals surface area contributed by atoms with Gasteiger partial charge in [0.1, 0.15) is 0 Å². The van der Waals surface area contributed by atoms with Crippen molar-refractivity contribution in [2.24, 2.45) is 0 Å². The summed E-state index contributed by atoms with van der Waals surface area (Å²) in [6.45, 7) is 1.95. The zero-order chi connectivity index (χ0) is 8.27. The molecule has 3 heteroatoms. The van der Waals surface area contributed by atoms with Crippen LogP contribution in [0.2, 0.25) is 0 Å². The quantitative estimate of drug-likeness (QED) is 0.511. The molecule has 1 aromatic carbocycles. The highest BCUT2D eigenvalue weighted by atomic mass is 32.1. The van der Waals surface area contributed by atoms with E-state index in [0.29, 0.717) is 10.6 Å². The number of hydrogen-bond acceptors (Lipinski definition) is 3. The fraction of sp³-hybridized carbons (Fsp3) is 0.125. The van der Waals surface area contributed by atoms with E-state index in [1.54, 1.807) is 12.3 Å². The normalized spacial score (nSPS) is 8.82. The molecule has 0 aliphatic heterocycles. The van der Waals surface area contributed by atoms with Gasteiger partial charge in [-0.05, 0) is 24.6 Å². The molecule has 0 aromatic heterocycles. The summed E-state index contributed by atoms with van der Waals surface area (Å²) in [6, 6.07) is 5.43. The van der Waals surface area contributed by atoms with Crippen molar-refractivity contribution in [3.05, 3.63) is 23.8 Å². The maximum absolute atomic E-state index is 8.21. The lowest BCUT2D eigenvalue weighted by atomic mass is 10.2. The second-order valence-corrected chi connectivity index (χ2v) is 2.65. The summed E-state index contributed by atoms with van der Waals surface area (Å²) in [5.41, 5.74) is 1.10. The Morgan fingerprint density at radius 2 is 2.27 bits per heavy atom. The fourth-order valence-electron chi connectivity index (χ4n) is 0.763. The zero-order valence-electron chi connectivity index (χ0n) is 6.03. The largest absolute Gasteiger partial charge is 0.387 e. The van der Waals surface area contributed by atoms with Crippen molar-refractivity contribution >= 4 is 12.6 Å². The molecule has 0 saturated heterocycles. The molecule has 0 aliphatic carbocycles. The van der Waals surface area contributed by atoms with Gasteiger partial charge in [-0.1, -0.05) is 6.07 Å². The van der Waals surface area contributed by atoms with Gasteiger partial charge in [0, 0.05) is 4.90 Å². The third kappa shape index (κ3) is 1.89. The van der Waals surface area contributed by atoms with E-state index in [2.05, 4.69) is 17.4 Å². The minimum Gasteiger partial charge on any atom is -0.387 e. The van der Waals surface area contributed by atoms with E-state index in [1.807, 2.05) is 19.1 Å². The van der Waals surface area contributed by atoms with Gasteiger partial charge in [0.15, 0.2) is 5.75 Å². The summed E-state index contributed by atoms with van der Waals surface area (Å²) in [5, 5.41) is 8.21. The highest BCUT2D eigenvalue weighted by molar-refractivity contribution is 7.80. The second kappa shape index (κ2) is 3.31. The van der Waals surface area contributed by atoms with Gasteiger partial charge >= 0.3 is 0 Å². The number of hydrogen-bond donors (Lipinski definition) is 1. The molecule has 1 rings (SSSR count). The molecule has 11 heavy (non-hydrogen) atoms. The summed E-state index contributed by atoms with van der Waals surface area (Å²) in [6.07, 6.45) is 1.60. The molecule has 1 aromatic rings. The van der Waals surface area contributed by atoms with Crippen LogP contribution in [0.1, 0.15) is 5.56 Å². The summed E-state index contributed by atoms with van der Waals surface area (Å²) in [5.74, 6) is 0.501. The number of thiol groups is 1. The monoisotopic (exact) mass is 165 g/mol. The first-order valence-corrected chi connectivity index (χ1v) is 3.54. The van der Waals surface area contributed by atoms with Gasteiger partial charge in [-0.25, -0.2) is 0 Å². The number of nitrogens with zero attached hydrogens (tertiary/aromatic N) is 1. The van der Waals surface area contributed by atoms with Crippen LogP contribution >= 0.6 is 12.6 Å². The molecule has 56 valence electrons. The van der Waals surface area contributed by atoms with Crippen molar-refractivity contribution in [2.45, 2.75) is 11.8 Å². The third-order valence-electron chi connectivity index (χ3n) is 1.27. The van der Waals surface area contributed by atoms with Crippen molar-refractivity contribution in [3.8, 4) is 12.0 Å². The SMILES string of the molecule is Cc1ccc(OC#N)c(S)c1. The Hall–Kier alpha value is -1.14. The Bertz CT molecular complexity index is 303. The van der Waals surface area contributed by atoms with Crippen LogP contribution < -0.4 is 4.74 Å². The van der Waals surface area contributed by atoms with Crippen LogP contribution in [0, 0.1) is 18.4 Å². The molecule has 0 aliphatic rings. The Morgan fingerprint density at radius 1 is 1.55 bits per heavy atom. The van der Waals surface area contributed by atoms with E-state index in [4.69, 9.17) is 5.26 Å². The maximum Gasteiger partial charge on any atom is 0.292 e. The highest BCUT2D eigenvalue weighted by Crippen LogP contribution is 2.22. The average Bonchev–Trinajstić information content (AvgIpc) is 1.95. The number of aryl methyl sites for hydroxylation is 1. The minimum atomic E-state index is 0.501. The first-order chi connectivity index (χ1) is 5.24. The van der Waals surface area contributed by atoms with Gasteiger partial charge in [-0.2, -0.15) is 0 Å². The van der Waals surface area contributed by atoms with Gasteiger partial charge in [-0.15, -0.1) is 17.9 Å². The molecule has 2 nitrogen and oxygen atoms in total. The Labute approximate surface area is 70.8 Å². The first kappa shape index (κ1) is 7.96. The molecule has 0 atom stereocenters.